The largest absolute Gasteiger partial charge is 0.508 e. The molecule has 1 saturated heterocycles. The van der Waals surface area contributed by atoms with Crippen LogP contribution in [0.4, 0.5) is 0 Å². The van der Waals surface area contributed by atoms with Crippen molar-refractivity contribution in [3.8, 4) is 5.75 Å². The highest BCUT2D eigenvalue weighted by Crippen LogP contribution is 2.31. The normalized spacial score (nSPS) is 24.1. The van der Waals surface area contributed by atoms with Crippen LogP contribution in [0.2, 0.25) is 5.02 Å². The number of rotatable bonds is 2. The lowest BCUT2D eigenvalue weighted by Crippen LogP contribution is -2.50. The first-order valence-electron chi connectivity index (χ1n) is 6.41. The second-order valence-corrected chi connectivity index (χ2v) is 5.64. The van der Waals surface area contributed by atoms with E-state index < -0.39 is 0 Å². The van der Waals surface area contributed by atoms with Gasteiger partial charge in [-0.05, 0) is 39.1 Å². The molecular weight excluding hydrogens is 248 g/mol. The monoisotopic (exact) mass is 268 g/mol. The number of nitrogens with zero attached hydrogens (tertiary/aromatic N) is 2. The molecule has 4 heteroatoms. The quantitative estimate of drug-likeness (QED) is 0.894. The Morgan fingerprint density at radius 2 is 2.11 bits per heavy atom. The third-order valence-electron chi connectivity index (χ3n) is 3.98. The molecule has 1 heterocycles. The molecule has 0 saturated carbocycles. The number of halogens is 1. The first-order chi connectivity index (χ1) is 8.49. The molecule has 0 aliphatic carbocycles. The van der Waals surface area contributed by atoms with Crippen molar-refractivity contribution in [3.63, 3.8) is 0 Å². The summed E-state index contributed by atoms with van der Waals surface area (Å²) in [4.78, 5) is 4.76. The predicted octanol–water partition coefficient (Wildman–Crippen LogP) is 2.74. The SMILES string of the molecule is CC1CN(C(C)c2cc(Cl)ccc2O)CCN1C. The molecule has 0 bridgehead atoms. The third-order valence-corrected chi connectivity index (χ3v) is 4.21. The van der Waals surface area contributed by atoms with Crippen LogP contribution in [0.3, 0.4) is 0 Å². The summed E-state index contributed by atoms with van der Waals surface area (Å²) in [5.41, 5.74) is 0.916. The summed E-state index contributed by atoms with van der Waals surface area (Å²) < 4.78 is 0. The number of phenols is 1. The minimum absolute atomic E-state index is 0.194. The van der Waals surface area contributed by atoms with Crippen molar-refractivity contribution in [2.45, 2.75) is 25.9 Å². The number of phenolic OH excluding ortho intramolecular Hbond substituents is 1. The van der Waals surface area contributed by atoms with Gasteiger partial charge >= 0.3 is 0 Å². The van der Waals surface area contributed by atoms with E-state index in [1.165, 1.54) is 0 Å². The van der Waals surface area contributed by atoms with Crippen molar-refractivity contribution in [3.05, 3.63) is 28.8 Å². The van der Waals surface area contributed by atoms with E-state index in [4.69, 9.17) is 11.6 Å². The maximum absolute atomic E-state index is 9.96. The minimum Gasteiger partial charge on any atom is -0.508 e. The Kier molecular flexibility index (Phi) is 4.15. The molecule has 2 unspecified atom stereocenters. The molecular formula is C14H21ClN2O. The van der Waals surface area contributed by atoms with Crippen LogP contribution in [0.25, 0.3) is 0 Å². The van der Waals surface area contributed by atoms with Crippen LogP contribution in [0.5, 0.6) is 5.75 Å². The molecule has 1 fully saturated rings. The van der Waals surface area contributed by atoms with Crippen LogP contribution < -0.4 is 0 Å². The van der Waals surface area contributed by atoms with Crippen LogP contribution in [0.15, 0.2) is 18.2 Å². The highest BCUT2D eigenvalue weighted by molar-refractivity contribution is 6.30. The summed E-state index contributed by atoms with van der Waals surface area (Å²) in [5.74, 6) is 0.332. The van der Waals surface area contributed by atoms with Gasteiger partial charge < -0.3 is 10.0 Å². The Balaban J connectivity index is 2.16. The van der Waals surface area contributed by atoms with Gasteiger partial charge in [-0.25, -0.2) is 0 Å². The highest BCUT2D eigenvalue weighted by Gasteiger charge is 2.26. The average molecular weight is 269 g/mol. The molecule has 0 radical (unpaired) electrons. The van der Waals surface area contributed by atoms with E-state index in [0.29, 0.717) is 16.8 Å². The molecule has 0 spiro atoms. The smallest absolute Gasteiger partial charge is 0.120 e. The van der Waals surface area contributed by atoms with Gasteiger partial charge in [0.15, 0.2) is 0 Å². The standard InChI is InChI=1S/C14H21ClN2O/c1-10-9-17(7-6-16(10)3)11(2)13-8-12(15)4-5-14(13)18/h4-5,8,10-11,18H,6-7,9H2,1-3H3. The van der Waals surface area contributed by atoms with E-state index in [1.807, 2.05) is 6.07 Å². The molecule has 3 nitrogen and oxygen atoms in total. The van der Waals surface area contributed by atoms with E-state index in [0.717, 1.165) is 25.2 Å². The van der Waals surface area contributed by atoms with Crippen LogP contribution in [0.1, 0.15) is 25.5 Å². The Labute approximate surface area is 114 Å². The van der Waals surface area contributed by atoms with Gasteiger partial charge in [-0.2, -0.15) is 0 Å². The van der Waals surface area contributed by atoms with Gasteiger partial charge in [0.2, 0.25) is 0 Å². The van der Waals surface area contributed by atoms with Crippen molar-refractivity contribution < 1.29 is 5.11 Å². The molecule has 18 heavy (non-hydrogen) atoms. The first kappa shape index (κ1) is 13.7. The molecule has 1 aliphatic heterocycles. The Morgan fingerprint density at radius 1 is 1.39 bits per heavy atom. The lowest BCUT2D eigenvalue weighted by molar-refractivity contribution is 0.0766. The van der Waals surface area contributed by atoms with E-state index in [2.05, 4.69) is 30.7 Å². The zero-order valence-corrected chi connectivity index (χ0v) is 12.0. The number of aromatic hydroxyl groups is 1. The number of hydrogen-bond donors (Lipinski definition) is 1. The predicted molar refractivity (Wildman–Crippen MR) is 75.2 cm³/mol. The first-order valence-corrected chi connectivity index (χ1v) is 6.79. The molecule has 1 aromatic rings. The van der Waals surface area contributed by atoms with Crippen molar-refractivity contribution in [1.82, 2.24) is 9.80 Å². The Bertz CT molecular complexity index is 424. The molecule has 0 aromatic heterocycles. The van der Waals surface area contributed by atoms with Crippen LogP contribution in [-0.2, 0) is 0 Å². The third kappa shape index (κ3) is 2.79. The van der Waals surface area contributed by atoms with E-state index in [9.17, 15) is 5.11 Å². The number of hydrogen-bond acceptors (Lipinski definition) is 3. The zero-order chi connectivity index (χ0) is 13.3. The van der Waals surface area contributed by atoms with Crippen LogP contribution in [0, 0.1) is 0 Å². The average Bonchev–Trinajstić information content (AvgIpc) is 2.35. The van der Waals surface area contributed by atoms with Gasteiger partial charge in [-0.15, -0.1) is 0 Å². The second kappa shape index (κ2) is 5.47. The molecule has 1 aliphatic rings. The summed E-state index contributed by atoms with van der Waals surface area (Å²) in [5, 5.41) is 10.6. The summed E-state index contributed by atoms with van der Waals surface area (Å²) in [6.07, 6.45) is 0. The lowest BCUT2D eigenvalue weighted by Gasteiger charge is -2.41. The van der Waals surface area contributed by atoms with E-state index in [1.54, 1.807) is 12.1 Å². The minimum atomic E-state index is 0.194. The summed E-state index contributed by atoms with van der Waals surface area (Å²) in [6, 6.07) is 6.00. The highest BCUT2D eigenvalue weighted by atomic mass is 35.5. The van der Waals surface area contributed by atoms with Crippen molar-refractivity contribution in [1.29, 1.82) is 0 Å². The molecule has 0 amide bonds. The maximum Gasteiger partial charge on any atom is 0.120 e. The molecule has 100 valence electrons. The topological polar surface area (TPSA) is 26.7 Å². The summed E-state index contributed by atoms with van der Waals surface area (Å²) in [7, 11) is 2.16. The van der Waals surface area contributed by atoms with Crippen molar-refractivity contribution in [2.24, 2.45) is 0 Å². The summed E-state index contributed by atoms with van der Waals surface area (Å²) in [6.45, 7) is 7.46. The Hall–Kier alpha value is -0.770. The van der Waals surface area contributed by atoms with E-state index >= 15 is 0 Å². The molecule has 1 N–H and O–H groups in total. The zero-order valence-electron chi connectivity index (χ0n) is 11.2. The van der Waals surface area contributed by atoms with Crippen molar-refractivity contribution in [2.75, 3.05) is 26.7 Å². The maximum atomic E-state index is 9.96. The fraction of sp³-hybridized carbons (Fsp3) is 0.571. The van der Waals surface area contributed by atoms with Gasteiger partial charge in [0.1, 0.15) is 5.75 Å². The molecule has 1 aromatic carbocycles. The van der Waals surface area contributed by atoms with Crippen molar-refractivity contribution >= 4 is 11.6 Å². The van der Waals surface area contributed by atoms with Gasteiger partial charge in [-0.3, -0.25) is 4.90 Å². The van der Waals surface area contributed by atoms with Crippen LogP contribution >= 0.6 is 11.6 Å². The lowest BCUT2D eigenvalue weighted by atomic mass is 10.0. The summed E-state index contributed by atoms with van der Waals surface area (Å²) >= 11 is 6.01. The van der Waals surface area contributed by atoms with Gasteiger partial charge in [0.25, 0.3) is 0 Å². The van der Waals surface area contributed by atoms with Gasteiger partial charge in [-0.1, -0.05) is 11.6 Å². The van der Waals surface area contributed by atoms with Crippen LogP contribution in [-0.4, -0.2) is 47.6 Å². The second-order valence-electron chi connectivity index (χ2n) is 5.20. The number of piperazine rings is 1. The molecule has 2 atom stereocenters. The fourth-order valence-electron chi connectivity index (χ4n) is 2.49. The fourth-order valence-corrected chi connectivity index (χ4v) is 2.67. The number of benzene rings is 1. The van der Waals surface area contributed by atoms with E-state index in [-0.39, 0.29) is 6.04 Å². The van der Waals surface area contributed by atoms with Gasteiger partial charge in [0.05, 0.1) is 0 Å². The Morgan fingerprint density at radius 3 is 2.78 bits per heavy atom. The van der Waals surface area contributed by atoms with Gasteiger partial charge in [0, 0.05) is 42.3 Å². The number of likely N-dealkylation sites (N-methyl/N-ethyl adjacent to an activating group) is 1. The molecule has 2 rings (SSSR count).